The topological polar surface area (TPSA) is 171 Å². The predicted octanol–water partition coefficient (Wildman–Crippen LogP) is 3.47. The molecule has 1 amide bonds. The second-order valence-corrected chi connectivity index (χ2v) is 13.4. The van der Waals surface area contributed by atoms with Crippen LogP contribution in [-0.2, 0) is 27.3 Å². The number of fused-ring (bicyclic) bond motifs is 3. The van der Waals surface area contributed by atoms with E-state index < -0.39 is 52.0 Å². The standard InChI is InChI=1S/C31H42N2O8/c1-8-33(30(5,6)14-29(2,3)4)13-16-11-19(34)22-18(25(16)41-7)10-15-9-17-12-20(35)23(28(32)39)27(38)31(17,40)26(37)21(15)24(22)36/h11,15,17,34,36,38,40H,8-10,12-14H2,1-7H3,(H2,32,39)/t15?,17-,31-/m0/s1. The molecule has 1 unspecified atom stereocenters. The summed E-state index contributed by atoms with van der Waals surface area (Å²) in [4.78, 5) is 40.5. The van der Waals surface area contributed by atoms with Crippen LogP contribution in [0.2, 0.25) is 0 Å². The highest BCUT2D eigenvalue weighted by Gasteiger charge is 2.60. The lowest BCUT2D eigenvalue weighted by Gasteiger charge is -2.46. The van der Waals surface area contributed by atoms with Crippen LogP contribution in [-0.4, -0.2) is 67.6 Å². The first-order valence-corrected chi connectivity index (χ1v) is 14.0. The number of hydrogen-bond acceptors (Lipinski definition) is 9. The maximum absolute atomic E-state index is 13.7. The molecule has 4 rings (SSSR count). The molecule has 10 heteroatoms. The van der Waals surface area contributed by atoms with E-state index in [1.54, 1.807) is 0 Å². The molecule has 3 atom stereocenters. The number of primary amides is 1. The normalized spacial score (nSPS) is 24.8. The second-order valence-electron chi connectivity index (χ2n) is 13.4. The SMILES string of the molecule is CCN(Cc1cc(O)c2c(c1OC)CC1C[C@H]3CC(=O)C(C(N)=O)=C(O)[C@@]3(O)C(=O)C1=C2O)C(C)(C)CC(C)(C)C. The first-order valence-electron chi connectivity index (χ1n) is 14.0. The molecule has 1 aromatic carbocycles. The van der Waals surface area contributed by atoms with Crippen LogP contribution in [0.3, 0.4) is 0 Å². The summed E-state index contributed by atoms with van der Waals surface area (Å²) in [5.74, 6) is -6.04. The molecule has 0 bridgehead atoms. The number of rotatable bonds is 7. The molecule has 0 aliphatic heterocycles. The number of carbonyl (C=O) groups is 3. The Bertz CT molecular complexity index is 1380. The number of phenolic OH excluding ortho intramolecular Hbond substituents is 1. The lowest BCUT2D eigenvalue weighted by atomic mass is 9.59. The third kappa shape index (κ3) is 4.91. The molecule has 1 aromatic rings. The van der Waals surface area contributed by atoms with Gasteiger partial charge in [-0.05, 0) is 57.1 Å². The monoisotopic (exact) mass is 570 g/mol. The number of aromatic hydroxyl groups is 1. The van der Waals surface area contributed by atoms with Crippen LogP contribution >= 0.6 is 0 Å². The molecular formula is C31H42N2O8. The first kappa shape index (κ1) is 30.6. The highest BCUT2D eigenvalue weighted by Crippen LogP contribution is 2.53. The van der Waals surface area contributed by atoms with Gasteiger partial charge in [-0.15, -0.1) is 0 Å². The van der Waals surface area contributed by atoms with Crippen LogP contribution in [0.5, 0.6) is 11.5 Å². The number of phenols is 1. The fourth-order valence-electron chi connectivity index (χ4n) is 7.47. The van der Waals surface area contributed by atoms with Crippen LogP contribution in [0.25, 0.3) is 5.76 Å². The molecule has 0 saturated heterocycles. The zero-order valence-electron chi connectivity index (χ0n) is 24.9. The van der Waals surface area contributed by atoms with Crippen molar-refractivity contribution in [3.63, 3.8) is 0 Å². The summed E-state index contributed by atoms with van der Waals surface area (Å²) in [6.45, 7) is 14.2. The lowest BCUT2D eigenvalue weighted by molar-refractivity contribution is -0.147. The van der Waals surface area contributed by atoms with Gasteiger partial charge in [0.2, 0.25) is 5.78 Å². The molecule has 3 aliphatic rings. The Kier molecular flexibility index (Phi) is 7.58. The largest absolute Gasteiger partial charge is 0.508 e. The highest BCUT2D eigenvalue weighted by molar-refractivity contribution is 6.22. The van der Waals surface area contributed by atoms with Gasteiger partial charge in [0.1, 0.15) is 28.6 Å². The number of nitrogens with two attached hydrogens (primary N) is 1. The number of carbonyl (C=O) groups excluding carboxylic acids is 3. The number of amides is 1. The van der Waals surface area contributed by atoms with Crippen molar-refractivity contribution in [1.82, 2.24) is 4.90 Å². The van der Waals surface area contributed by atoms with Gasteiger partial charge in [0.25, 0.3) is 5.91 Å². The number of hydrogen-bond donors (Lipinski definition) is 5. The molecule has 0 spiro atoms. The summed E-state index contributed by atoms with van der Waals surface area (Å²) in [7, 11) is 1.52. The Balaban J connectivity index is 1.82. The summed E-state index contributed by atoms with van der Waals surface area (Å²) < 4.78 is 5.85. The Hall–Kier alpha value is -3.37. The van der Waals surface area contributed by atoms with Crippen LogP contribution < -0.4 is 10.5 Å². The van der Waals surface area contributed by atoms with E-state index in [-0.39, 0.29) is 47.1 Å². The summed E-state index contributed by atoms with van der Waals surface area (Å²) in [5.41, 5.74) is 2.86. The number of Topliss-reactive ketones (excluding diaryl/α,β-unsaturated/α-hetero) is 2. The Morgan fingerprint density at radius 3 is 2.32 bits per heavy atom. The first-order chi connectivity index (χ1) is 18.9. The van der Waals surface area contributed by atoms with Gasteiger partial charge in [0.15, 0.2) is 11.4 Å². The number of aliphatic hydroxyl groups excluding tert-OH is 2. The van der Waals surface area contributed by atoms with Crippen molar-refractivity contribution in [2.45, 2.75) is 84.9 Å². The van der Waals surface area contributed by atoms with Gasteiger partial charge in [-0.3, -0.25) is 19.3 Å². The average molecular weight is 571 g/mol. The van der Waals surface area contributed by atoms with Gasteiger partial charge in [-0.25, -0.2) is 0 Å². The zero-order chi connectivity index (χ0) is 30.8. The quantitative estimate of drug-likeness (QED) is 0.308. The Morgan fingerprint density at radius 1 is 1.15 bits per heavy atom. The van der Waals surface area contributed by atoms with Crippen molar-refractivity contribution >= 4 is 23.2 Å². The molecule has 1 saturated carbocycles. The third-order valence-electron chi connectivity index (χ3n) is 8.86. The maximum Gasteiger partial charge on any atom is 0.255 e. The van der Waals surface area contributed by atoms with Gasteiger partial charge in [-0.1, -0.05) is 27.7 Å². The molecule has 3 aliphatic carbocycles. The van der Waals surface area contributed by atoms with Crippen LogP contribution in [0.15, 0.2) is 23.0 Å². The van der Waals surface area contributed by atoms with Crippen molar-refractivity contribution in [2.24, 2.45) is 23.0 Å². The van der Waals surface area contributed by atoms with Gasteiger partial charge in [0, 0.05) is 41.1 Å². The van der Waals surface area contributed by atoms with E-state index in [1.165, 1.54) is 13.2 Å². The second kappa shape index (κ2) is 10.2. The van der Waals surface area contributed by atoms with Crippen LogP contribution in [0, 0.1) is 17.3 Å². The minimum Gasteiger partial charge on any atom is -0.508 e. The number of benzene rings is 1. The van der Waals surface area contributed by atoms with E-state index >= 15 is 0 Å². The summed E-state index contributed by atoms with van der Waals surface area (Å²) in [6, 6.07) is 1.53. The number of ketones is 2. The summed E-state index contributed by atoms with van der Waals surface area (Å²) in [5, 5.41) is 44.7. The number of methoxy groups -OCH3 is 1. The Labute approximate surface area is 240 Å². The number of ether oxygens (including phenoxy) is 1. The minimum atomic E-state index is -2.59. The van der Waals surface area contributed by atoms with E-state index in [2.05, 4.69) is 46.4 Å². The zero-order valence-corrected chi connectivity index (χ0v) is 24.9. The molecule has 0 aromatic heterocycles. The van der Waals surface area contributed by atoms with Crippen molar-refractivity contribution < 1.29 is 39.5 Å². The molecule has 6 N–H and O–H groups in total. The maximum atomic E-state index is 13.7. The molecule has 0 heterocycles. The van der Waals surface area contributed by atoms with Crippen LogP contribution in [0.1, 0.15) is 77.5 Å². The highest BCUT2D eigenvalue weighted by atomic mass is 16.5. The summed E-state index contributed by atoms with van der Waals surface area (Å²) >= 11 is 0. The Morgan fingerprint density at radius 2 is 1.78 bits per heavy atom. The van der Waals surface area contributed by atoms with Gasteiger partial charge in [-0.2, -0.15) is 0 Å². The number of nitrogens with zero attached hydrogens (tertiary/aromatic N) is 1. The fraction of sp³-hybridized carbons (Fsp3) is 0.581. The lowest BCUT2D eigenvalue weighted by Crippen LogP contribution is -2.58. The average Bonchev–Trinajstić information content (AvgIpc) is 2.82. The molecular weight excluding hydrogens is 528 g/mol. The molecule has 10 nitrogen and oxygen atoms in total. The van der Waals surface area contributed by atoms with Crippen molar-refractivity contribution in [2.75, 3.05) is 13.7 Å². The van der Waals surface area contributed by atoms with E-state index in [1.807, 2.05) is 0 Å². The van der Waals surface area contributed by atoms with Gasteiger partial charge in [0.05, 0.1) is 12.7 Å². The number of aliphatic hydroxyl groups is 3. The molecule has 1 fully saturated rings. The molecule has 41 heavy (non-hydrogen) atoms. The van der Waals surface area contributed by atoms with E-state index in [4.69, 9.17) is 10.5 Å². The predicted molar refractivity (Wildman–Crippen MR) is 152 cm³/mol. The minimum absolute atomic E-state index is 0.0229. The van der Waals surface area contributed by atoms with Crippen LogP contribution in [0.4, 0.5) is 0 Å². The van der Waals surface area contributed by atoms with Gasteiger partial charge >= 0.3 is 0 Å². The van der Waals surface area contributed by atoms with Gasteiger partial charge < -0.3 is 30.9 Å². The third-order valence-corrected chi connectivity index (χ3v) is 8.86. The van der Waals surface area contributed by atoms with E-state index in [0.717, 1.165) is 18.5 Å². The van der Waals surface area contributed by atoms with E-state index in [0.29, 0.717) is 17.9 Å². The fourth-order valence-corrected chi connectivity index (χ4v) is 7.47. The smallest absolute Gasteiger partial charge is 0.255 e. The summed E-state index contributed by atoms with van der Waals surface area (Å²) in [6.07, 6.45) is 0.817. The molecule has 0 radical (unpaired) electrons. The molecule has 224 valence electrons. The van der Waals surface area contributed by atoms with Crippen molar-refractivity contribution in [3.05, 3.63) is 39.7 Å². The van der Waals surface area contributed by atoms with Crippen molar-refractivity contribution in [3.8, 4) is 11.5 Å². The van der Waals surface area contributed by atoms with E-state index in [9.17, 15) is 34.8 Å². The van der Waals surface area contributed by atoms with Crippen molar-refractivity contribution in [1.29, 1.82) is 0 Å².